The van der Waals surface area contributed by atoms with Crippen LogP contribution in [0.4, 0.5) is 5.69 Å². The van der Waals surface area contributed by atoms with Crippen LogP contribution < -0.4 is 10.2 Å². The van der Waals surface area contributed by atoms with Gasteiger partial charge in [0, 0.05) is 30.9 Å². The number of hydrogen-bond acceptors (Lipinski definition) is 3. The second kappa shape index (κ2) is 7.13. The lowest BCUT2D eigenvalue weighted by molar-refractivity contribution is 0.193. The number of likely N-dealkylation sites (N-methyl/N-ethyl adjacent to an activating group) is 1. The quantitative estimate of drug-likeness (QED) is 0.812. The summed E-state index contributed by atoms with van der Waals surface area (Å²) in [5, 5.41) is 4.25. The molecule has 1 N–H and O–H groups in total. The van der Waals surface area contributed by atoms with Gasteiger partial charge in [-0.05, 0) is 43.1 Å². The highest BCUT2D eigenvalue weighted by atomic mass is 35.5. The van der Waals surface area contributed by atoms with E-state index in [2.05, 4.69) is 36.3 Å². The summed E-state index contributed by atoms with van der Waals surface area (Å²) in [5.41, 5.74) is 2.51. The molecule has 3 nitrogen and oxygen atoms in total. The van der Waals surface area contributed by atoms with E-state index in [1.54, 1.807) is 0 Å². The van der Waals surface area contributed by atoms with Gasteiger partial charge in [0.15, 0.2) is 0 Å². The van der Waals surface area contributed by atoms with E-state index in [1.807, 2.05) is 6.07 Å². The van der Waals surface area contributed by atoms with Crippen LogP contribution in [0.2, 0.25) is 5.02 Å². The van der Waals surface area contributed by atoms with Crippen LogP contribution in [0.1, 0.15) is 25.3 Å². The van der Waals surface area contributed by atoms with Crippen LogP contribution in [-0.2, 0) is 11.3 Å². The molecule has 1 aliphatic heterocycles. The van der Waals surface area contributed by atoms with E-state index < -0.39 is 0 Å². The molecule has 1 unspecified atom stereocenters. The first-order valence-electron chi connectivity index (χ1n) is 7.02. The Morgan fingerprint density at radius 1 is 1.47 bits per heavy atom. The molecular formula is C15H23ClN2O. The first-order chi connectivity index (χ1) is 9.22. The highest BCUT2D eigenvalue weighted by molar-refractivity contribution is 6.30. The van der Waals surface area contributed by atoms with Crippen molar-refractivity contribution in [2.75, 3.05) is 31.7 Å². The van der Waals surface area contributed by atoms with Gasteiger partial charge in [0.05, 0.1) is 12.6 Å². The largest absolute Gasteiger partial charge is 0.379 e. The topological polar surface area (TPSA) is 24.5 Å². The third kappa shape index (κ3) is 3.85. The van der Waals surface area contributed by atoms with E-state index in [-0.39, 0.29) is 0 Å². The minimum absolute atomic E-state index is 0.478. The van der Waals surface area contributed by atoms with Gasteiger partial charge in [-0.2, -0.15) is 0 Å². The molecule has 4 heteroatoms. The van der Waals surface area contributed by atoms with Gasteiger partial charge < -0.3 is 15.0 Å². The van der Waals surface area contributed by atoms with E-state index in [1.165, 1.54) is 11.3 Å². The van der Waals surface area contributed by atoms with Crippen molar-refractivity contribution in [1.82, 2.24) is 5.32 Å². The van der Waals surface area contributed by atoms with Crippen LogP contribution in [0.15, 0.2) is 18.2 Å². The number of anilines is 1. The molecule has 1 aliphatic rings. The highest BCUT2D eigenvalue weighted by Gasteiger charge is 2.22. The van der Waals surface area contributed by atoms with Crippen molar-refractivity contribution in [3.8, 4) is 0 Å². The Labute approximate surface area is 120 Å². The number of hydrogen-bond donors (Lipinski definition) is 1. The first kappa shape index (κ1) is 14.6. The molecule has 19 heavy (non-hydrogen) atoms. The maximum atomic E-state index is 6.12. The van der Waals surface area contributed by atoms with Crippen molar-refractivity contribution < 1.29 is 4.74 Å². The maximum absolute atomic E-state index is 6.12. The van der Waals surface area contributed by atoms with Gasteiger partial charge >= 0.3 is 0 Å². The molecule has 0 amide bonds. The monoisotopic (exact) mass is 282 g/mol. The van der Waals surface area contributed by atoms with Gasteiger partial charge in [-0.25, -0.2) is 0 Å². The highest BCUT2D eigenvalue weighted by Crippen LogP contribution is 2.27. The zero-order valence-corrected chi connectivity index (χ0v) is 12.5. The van der Waals surface area contributed by atoms with Crippen LogP contribution in [0.25, 0.3) is 0 Å². The summed E-state index contributed by atoms with van der Waals surface area (Å²) in [6, 6.07) is 6.62. The summed E-state index contributed by atoms with van der Waals surface area (Å²) in [4.78, 5) is 2.33. The molecule has 0 saturated carbocycles. The zero-order chi connectivity index (χ0) is 13.7. The van der Waals surface area contributed by atoms with Gasteiger partial charge in [-0.3, -0.25) is 0 Å². The molecule has 0 bridgehead atoms. The molecule has 1 fully saturated rings. The predicted molar refractivity (Wildman–Crippen MR) is 81.1 cm³/mol. The molecule has 1 heterocycles. The van der Waals surface area contributed by atoms with Gasteiger partial charge in [-0.15, -0.1) is 0 Å². The van der Waals surface area contributed by atoms with Crippen molar-refractivity contribution in [3.63, 3.8) is 0 Å². The lowest BCUT2D eigenvalue weighted by Crippen LogP contribution is -2.33. The number of benzene rings is 1. The standard InChI is InChI=1S/C15H23ClN2O/c1-3-7-17-10-12-9-13(16)4-5-15(12)18(2)14-6-8-19-11-14/h4-5,9,14,17H,3,6-8,10-11H2,1-2H3. The molecule has 0 spiro atoms. The van der Waals surface area contributed by atoms with E-state index in [9.17, 15) is 0 Å². The average Bonchev–Trinajstić information content (AvgIpc) is 2.92. The Morgan fingerprint density at radius 3 is 3.00 bits per heavy atom. The average molecular weight is 283 g/mol. The van der Waals surface area contributed by atoms with Crippen LogP contribution in [0, 0.1) is 0 Å². The third-order valence-corrected chi connectivity index (χ3v) is 3.85. The van der Waals surface area contributed by atoms with Gasteiger partial charge in [0.1, 0.15) is 0 Å². The molecule has 2 rings (SSSR count). The van der Waals surface area contributed by atoms with Crippen molar-refractivity contribution in [1.29, 1.82) is 0 Å². The number of rotatable bonds is 6. The lowest BCUT2D eigenvalue weighted by atomic mass is 10.1. The number of halogens is 1. The number of nitrogens with zero attached hydrogens (tertiary/aromatic N) is 1. The fourth-order valence-corrected chi connectivity index (χ4v) is 2.66. The van der Waals surface area contributed by atoms with Crippen LogP contribution in [0.5, 0.6) is 0 Å². The van der Waals surface area contributed by atoms with Crippen LogP contribution >= 0.6 is 11.6 Å². The number of ether oxygens (including phenoxy) is 1. The van der Waals surface area contributed by atoms with Crippen molar-refractivity contribution in [3.05, 3.63) is 28.8 Å². The third-order valence-electron chi connectivity index (χ3n) is 3.62. The maximum Gasteiger partial charge on any atom is 0.0670 e. The molecule has 1 atom stereocenters. The van der Waals surface area contributed by atoms with E-state index in [0.717, 1.165) is 44.2 Å². The molecule has 1 aromatic rings. The molecular weight excluding hydrogens is 260 g/mol. The Balaban J connectivity index is 2.12. The Bertz CT molecular complexity index is 405. The molecule has 0 aromatic heterocycles. The lowest BCUT2D eigenvalue weighted by Gasteiger charge is -2.28. The summed E-state index contributed by atoms with van der Waals surface area (Å²) in [5.74, 6) is 0. The minimum atomic E-state index is 0.478. The van der Waals surface area contributed by atoms with Crippen LogP contribution in [-0.4, -0.2) is 32.8 Å². The Hall–Kier alpha value is -0.770. The molecule has 0 radical (unpaired) electrons. The zero-order valence-electron chi connectivity index (χ0n) is 11.8. The minimum Gasteiger partial charge on any atom is -0.379 e. The van der Waals surface area contributed by atoms with Crippen molar-refractivity contribution in [2.45, 2.75) is 32.4 Å². The first-order valence-corrected chi connectivity index (χ1v) is 7.40. The molecule has 0 aliphatic carbocycles. The fraction of sp³-hybridized carbons (Fsp3) is 0.600. The normalized spacial score (nSPS) is 18.8. The van der Waals surface area contributed by atoms with Crippen molar-refractivity contribution >= 4 is 17.3 Å². The Morgan fingerprint density at radius 2 is 2.32 bits per heavy atom. The van der Waals surface area contributed by atoms with E-state index in [0.29, 0.717) is 6.04 Å². The fourth-order valence-electron chi connectivity index (χ4n) is 2.46. The van der Waals surface area contributed by atoms with E-state index >= 15 is 0 Å². The predicted octanol–water partition coefficient (Wildman–Crippen LogP) is 3.06. The molecule has 1 saturated heterocycles. The van der Waals surface area contributed by atoms with Gasteiger partial charge in [0.25, 0.3) is 0 Å². The van der Waals surface area contributed by atoms with Crippen molar-refractivity contribution in [2.24, 2.45) is 0 Å². The Kier molecular flexibility index (Phi) is 5.49. The summed E-state index contributed by atoms with van der Waals surface area (Å²) in [7, 11) is 2.14. The van der Waals surface area contributed by atoms with Gasteiger partial charge in [0.2, 0.25) is 0 Å². The van der Waals surface area contributed by atoms with Gasteiger partial charge in [-0.1, -0.05) is 18.5 Å². The smallest absolute Gasteiger partial charge is 0.0670 e. The molecule has 1 aromatic carbocycles. The summed E-state index contributed by atoms with van der Waals surface area (Å²) in [6.45, 7) is 5.75. The van der Waals surface area contributed by atoms with E-state index in [4.69, 9.17) is 16.3 Å². The number of nitrogens with one attached hydrogen (secondary N) is 1. The SMILES string of the molecule is CCCNCc1cc(Cl)ccc1N(C)C1CCOC1. The molecule has 106 valence electrons. The summed E-state index contributed by atoms with van der Waals surface area (Å²) >= 11 is 6.12. The second-order valence-electron chi connectivity index (χ2n) is 5.08. The second-order valence-corrected chi connectivity index (χ2v) is 5.51. The summed E-state index contributed by atoms with van der Waals surface area (Å²) in [6.07, 6.45) is 2.24. The summed E-state index contributed by atoms with van der Waals surface area (Å²) < 4.78 is 5.48. The van der Waals surface area contributed by atoms with Crippen LogP contribution in [0.3, 0.4) is 0 Å².